The number of alkyl halides is 3. The van der Waals surface area contributed by atoms with Crippen molar-refractivity contribution in [2.24, 2.45) is 0 Å². The van der Waals surface area contributed by atoms with Gasteiger partial charge in [0, 0.05) is 28.9 Å². The summed E-state index contributed by atoms with van der Waals surface area (Å²) in [7, 11) is 0. The number of benzene rings is 1. The van der Waals surface area contributed by atoms with Crippen molar-refractivity contribution in [2.45, 2.75) is 6.18 Å². The summed E-state index contributed by atoms with van der Waals surface area (Å²) in [6.45, 7) is 0. The summed E-state index contributed by atoms with van der Waals surface area (Å²) in [6, 6.07) is 15.2. The predicted molar refractivity (Wildman–Crippen MR) is 94.3 cm³/mol. The maximum Gasteiger partial charge on any atom is 0.433 e. The minimum absolute atomic E-state index is 0.163. The summed E-state index contributed by atoms with van der Waals surface area (Å²) in [6.07, 6.45) is -0.219. The number of para-hydroxylation sites is 1. The first-order chi connectivity index (χ1) is 13.0. The third-order valence-electron chi connectivity index (χ3n) is 3.94. The van der Waals surface area contributed by atoms with Crippen LogP contribution >= 0.6 is 0 Å². The van der Waals surface area contributed by atoms with Gasteiger partial charge >= 0.3 is 6.18 Å². The molecule has 0 bridgehead atoms. The first-order valence-electron chi connectivity index (χ1n) is 8.02. The van der Waals surface area contributed by atoms with Gasteiger partial charge in [-0.25, -0.2) is 9.97 Å². The lowest BCUT2D eigenvalue weighted by molar-refractivity contribution is -0.141. The lowest BCUT2D eigenvalue weighted by Gasteiger charge is -2.12. The van der Waals surface area contributed by atoms with E-state index in [-0.39, 0.29) is 11.6 Å². The molecule has 0 aliphatic rings. The molecule has 0 amide bonds. The van der Waals surface area contributed by atoms with E-state index in [0.717, 1.165) is 28.7 Å². The van der Waals surface area contributed by atoms with Crippen molar-refractivity contribution >= 4 is 10.9 Å². The Hall–Kier alpha value is -3.48. The second-order valence-corrected chi connectivity index (χ2v) is 5.72. The highest BCUT2D eigenvalue weighted by atomic mass is 19.4. The van der Waals surface area contributed by atoms with Crippen LogP contribution in [-0.2, 0) is 6.18 Å². The minimum atomic E-state index is -4.50. The highest BCUT2D eigenvalue weighted by Crippen LogP contribution is 2.35. The molecule has 0 radical (unpaired) electrons. The molecule has 1 aromatic carbocycles. The van der Waals surface area contributed by atoms with E-state index in [1.54, 1.807) is 18.5 Å². The van der Waals surface area contributed by atoms with Gasteiger partial charge in [0.05, 0.1) is 11.7 Å². The van der Waals surface area contributed by atoms with Crippen LogP contribution in [0.1, 0.15) is 5.69 Å². The Kier molecular flexibility index (Phi) is 4.19. The molecule has 0 N–H and O–H groups in total. The van der Waals surface area contributed by atoms with E-state index >= 15 is 0 Å². The Morgan fingerprint density at radius 2 is 1.48 bits per heavy atom. The lowest BCUT2D eigenvalue weighted by Crippen LogP contribution is -2.07. The number of aromatic nitrogens is 3. The molecule has 4 nitrogen and oxygen atoms in total. The van der Waals surface area contributed by atoms with Crippen molar-refractivity contribution in [2.75, 3.05) is 0 Å². The Morgan fingerprint density at radius 3 is 2.26 bits per heavy atom. The molecule has 3 aromatic heterocycles. The molecule has 134 valence electrons. The topological polar surface area (TPSA) is 47.9 Å². The number of nitrogens with zero attached hydrogens (tertiary/aromatic N) is 3. The minimum Gasteiger partial charge on any atom is -0.437 e. The zero-order valence-electron chi connectivity index (χ0n) is 13.8. The monoisotopic (exact) mass is 367 g/mol. The summed E-state index contributed by atoms with van der Waals surface area (Å²) in [5, 5.41) is 0.959. The van der Waals surface area contributed by atoms with E-state index in [2.05, 4.69) is 15.0 Å². The van der Waals surface area contributed by atoms with Crippen LogP contribution in [0.4, 0.5) is 13.2 Å². The fourth-order valence-electron chi connectivity index (χ4n) is 2.72. The van der Waals surface area contributed by atoms with Crippen LogP contribution in [0.15, 0.2) is 73.2 Å². The van der Waals surface area contributed by atoms with Gasteiger partial charge in [-0.3, -0.25) is 4.98 Å². The van der Waals surface area contributed by atoms with Crippen molar-refractivity contribution < 1.29 is 17.9 Å². The normalized spacial score (nSPS) is 11.5. The molecule has 0 saturated carbocycles. The number of rotatable bonds is 3. The summed E-state index contributed by atoms with van der Waals surface area (Å²) in [5.74, 6) is 0.424. The Morgan fingerprint density at radius 1 is 0.741 bits per heavy atom. The van der Waals surface area contributed by atoms with Gasteiger partial charge in [0.1, 0.15) is 11.4 Å². The molecule has 7 heteroatoms. The molecule has 0 aliphatic carbocycles. The van der Waals surface area contributed by atoms with Crippen LogP contribution in [0.5, 0.6) is 11.6 Å². The number of hydrogen-bond donors (Lipinski definition) is 0. The lowest BCUT2D eigenvalue weighted by atomic mass is 10.0. The molecule has 4 rings (SSSR count). The third-order valence-corrected chi connectivity index (χ3v) is 3.94. The van der Waals surface area contributed by atoms with Gasteiger partial charge in [-0.2, -0.15) is 13.2 Å². The van der Waals surface area contributed by atoms with E-state index in [1.165, 1.54) is 6.07 Å². The van der Waals surface area contributed by atoms with Crippen molar-refractivity contribution in [3.05, 3.63) is 78.9 Å². The van der Waals surface area contributed by atoms with Gasteiger partial charge < -0.3 is 4.74 Å². The van der Waals surface area contributed by atoms with Gasteiger partial charge in [-0.15, -0.1) is 0 Å². The number of pyridine rings is 3. The quantitative estimate of drug-likeness (QED) is 0.479. The molecule has 0 aliphatic heterocycles. The van der Waals surface area contributed by atoms with E-state index in [9.17, 15) is 13.2 Å². The molecule has 0 saturated heterocycles. The van der Waals surface area contributed by atoms with Gasteiger partial charge in [0.15, 0.2) is 0 Å². The molecular weight excluding hydrogens is 355 g/mol. The molecule has 0 atom stereocenters. The Bertz CT molecular complexity index is 1090. The highest BCUT2D eigenvalue weighted by Gasteiger charge is 2.32. The van der Waals surface area contributed by atoms with Gasteiger partial charge in [-0.1, -0.05) is 24.3 Å². The number of hydrogen-bond acceptors (Lipinski definition) is 4. The average molecular weight is 367 g/mol. The van der Waals surface area contributed by atoms with Crippen LogP contribution in [0.2, 0.25) is 0 Å². The molecule has 0 fully saturated rings. The fourth-order valence-corrected chi connectivity index (χ4v) is 2.72. The zero-order chi connectivity index (χ0) is 18.9. The number of halogens is 3. The second kappa shape index (κ2) is 6.68. The molecular formula is C20H12F3N3O. The van der Waals surface area contributed by atoms with Crippen molar-refractivity contribution in [3.8, 4) is 22.8 Å². The summed E-state index contributed by atoms with van der Waals surface area (Å²) < 4.78 is 43.7. The van der Waals surface area contributed by atoms with Gasteiger partial charge in [0.2, 0.25) is 5.88 Å². The molecule has 4 aromatic rings. The van der Waals surface area contributed by atoms with E-state index < -0.39 is 11.9 Å². The molecule has 0 spiro atoms. The Labute approximate surface area is 152 Å². The maximum atomic E-state index is 12.7. The van der Waals surface area contributed by atoms with Crippen molar-refractivity contribution in [1.82, 2.24) is 15.0 Å². The van der Waals surface area contributed by atoms with E-state index in [1.807, 2.05) is 36.4 Å². The first-order valence-corrected chi connectivity index (χ1v) is 8.02. The smallest absolute Gasteiger partial charge is 0.433 e. The van der Waals surface area contributed by atoms with Crippen LogP contribution in [-0.4, -0.2) is 15.0 Å². The van der Waals surface area contributed by atoms with Crippen LogP contribution in [0.25, 0.3) is 22.0 Å². The number of fused-ring (bicyclic) bond motifs is 1. The van der Waals surface area contributed by atoms with E-state index in [4.69, 9.17) is 4.74 Å². The highest BCUT2D eigenvalue weighted by molar-refractivity contribution is 5.94. The average Bonchev–Trinajstić information content (AvgIpc) is 2.68. The summed E-state index contributed by atoms with van der Waals surface area (Å²) in [4.78, 5) is 12.1. The zero-order valence-corrected chi connectivity index (χ0v) is 13.8. The largest absolute Gasteiger partial charge is 0.437 e. The van der Waals surface area contributed by atoms with Crippen LogP contribution < -0.4 is 4.74 Å². The van der Waals surface area contributed by atoms with E-state index in [0.29, 0.717) is 5.56 Å². The SMILES string of the molecule is FC(F)(F)c1ccc(Oc2ncccc2-c2cccc3cccnc23)cn1. The van der Waals surface area contributed by atoms with Gasteiger partial charge in [0.25, 0.3) is 0 Å². The standard InChI is InChI=1S/C20H12F3N3O/c21-20(22,23)17-9-8-14(12-26-17)27-19-16(7-3-11-25-19)15-6-1-4-13-5-2-10-24-18(13)15/h1-12H. The number of ether oxygens (including phenoxy) is 1. The molecule has 0 unspecified atom stereocenters. The molecule has 27 heavy (non-hydrogen) atoms. The maximum absolute atomic E-state index is 12.7. The van der Waals surface area contributed by atoms with Crippen LogP contribution in [0.3, 0.4) is 0 Å². The second-order valence-electron chi connectivity index (χ2n) is 5.72. The third kappa shape index (κ3) is 3.44. The first kappa shape index (κ1) is 17.0. The summed E-state index contributed by atoms with van der Waals surface area (Å²) >= 11 is 0. The van der Waals surface area contributed by atoms with Crippen molar-refractivity contribution in [3.63, 3.8) is 0 Å². The van der Waals surface area contributed by atoms with Crippen LogP contribution in [0, 0.1) is 0 Å². The molecule has 3 heterocycles. The Balaban J connectivity index is 1.74. The summed E-state index contributed by atoms with van der Waals surface area (Å²) in [5.41, 5.74) is 1.30. The van der Waals surface area contributed by atoms with Gasteiger partial charge in [-0.05, 0) is 30.3 Å². The predicted octanol–water partition coefficient (Wildman–Crippen LogP) is 5.50. The fraction of sp³-hybridized carbons (Fsp3) is 0.0500. The van der Waals surface area contributed by atoms with Crippen molar-refractivity contribution in [1.29, 1.82) is 0 Å².